The summed E-state index contributed by atoms with van der Waals surface area (Å²) in [5, 5.41) is 14.0. The largest absolute Gasteiger partial charge is 0.497 e. The molecule has 22 heavy (non-hydrogen) atoms. The number of amides is 1. The molecule has 0 spiro atoms. The van der Waals surface area contributed by atoms with E-state index in [2.05, 4.69) is 15.3 Å². The lowest BCUT2D eigenvalue weighted by Gasteiger charge is -1.97. The van der Waals surface area contributed by atoms with Crippen LogP contribution in [0, 0.1) is 10.1 Å². The fraction of sp³-hybridized carbons (Fsp3) is 0.0769. The second kappa shape index (κ2) is 5.45. The van der Waals surface area contributed by atoms with Crippen molar-refractivity contribution in [2.75, 3.05) is 12.4 Å². The topological polar surface area (TPSA) is 110 Å². The van der Waals surface area contributed by atoms with E-state index in [-0.39, 0.29) is 10.1 Å². The molecule has 0 bridgehead atoms. The summed E-state index contributed by atoms with van der Waals surface area (Å²) in [6.07, 6.45) is 1.11. The molecule has 1 aromatic carbocycles. The van der Waals surface area contributed by atoms with Gasteiger partial charge in [-0.25, -0.2) is 4.98 Å². The van der Waals surface area contributed by atoms with Gasteiger partial charge < -0.3 is 9.72 Å². The molecular weight excluding hydrogens is 308 g/mol. The Morgan fingerprint density at radius 3 is 2.95 bits per heavy atom. The number of aromatic amines is 1. The van der Waals surface area contributed by atoms with E-state index in [4.69, 9.17) is 4.74 Å². The Hall–Kier alpha value is -2.94. The van der Waals surface area contributed by atoms with Crippen molar-refractivity contribution in [2.45, 2.75) is 0 Å². The predicted molar refractivity (Wildman–Crippen MR) is 81.6 cm³/mol. The Balaban J connectivity index is 1.83. The number of hydrogen-bond acceptors (Lipinski definition) is 6. The first-order valence-electron chi connectivity index (χ1n) is 6.15. The van der Waals surface area contributed by atoms with Gasteiger partial charge >= 0.3 is 5.00 Å². The maximum Gasteiger partial charge on any atom is 0.345 e. The van der Waals surface area contributed by atoms with Crippen LogP contribution in [0.1, 0.15) is 10.5 Å². The number of carbonyl (C=O) groups excluding carboxylic acids is 1. The summed E-state index contributed by atoms with van der Waals surface area (Å²) in [5.41, 5.74) is 1.12. The van der Waals surface area contributed by atoms with Gasteiger partial charge in [0, 0.05) is 10.9 Å². The van der Waals surface area contributed by atoms with Crippen LogP contribution in [0.2, 0.25) is 0 Å². The Kier molecular flexibility index (Phi) is 3.47. The van der Waals surface area contributed by atoms with Gasteiger partial charge in [-0.1, -0.05) is 0 Å². The monoisotopic (exact) mass is 318 g/mol. The molecule has 0 atom stereocenters. The standard InChI is InChI=1S/C13H10N4O4S/c1-21-8-2-3-9-7(4-8)5-10(15-9)12(18)16-13-14-6-11(22-13)17(19)20/h2-6,15H,1H3,(H,14,16,18). The Morgan fingerprint density at radius 2 is 2.27 bits per heavy atom. The van der Waals surface area contributed by atoms with Crippen LogP contribution in [0.3, 0.4) is 0 Å². The van der Waals surface area contributed by atoms with E-state index in [0.29, 0.717) is 11.4 Å². The first kappa shape index (κ1) is 14.0. The van der Waals surface area contributed by atoms with Crippen molar-refractivity contribution in [1.82, 2.24) is 9.97 Å². The minimum Gasteiger partial charge on any atom is -0.497 e. The second-order valence-electron chi connectivity index (χ2n) is 4.35. The summed E-state index contributed by atoms with van der Waals surface area (Å²) in [6.45, 7) is 0. The number of hydrogen-bond donors (Lipinski definition) is 2. The third-order valence-electron chi connectivity index (χ3n) is 2.97. The maximum absolute atomic E-state index is 12.1. The summed E-state index contributed by atoms with van der Waals surface area (Å²) in [7, 11) is 1.57. The Morgan fingerprint density at radius 1 is 1.45 bits per heavy atom. The zero-order valence-electron chi connectivity index (χ0n) is 11.3. The molecule has 0 aliphatic carbocycles. The van der Waals surface area contributed by atoms with Crippen LogP contribution in [0.5, 0.6) is 5.75 Å². The predicted octanol–water partition coefficient (Wildman–Crippen LogP) is 2.79. The van der Waals surface area contributed by atoms with Crippen molar-refractivity contribution in [3.8, 4) is 5.75 Å². The van der Waals surface area contributed by atoms with Crippen molar-refractivity contribution in [3.63, 3.8) is 0 Å². The van der Waals surface area contributed by atoms with Gasteiger partial charge in [-0.3, -0.25) is 20.2 Å². The molecule has 0 aliphatic heterocycles. The highest BCUT2D eigenvalue weighted by Crippen LogP contribution is 2.26. The SMILES string of the molecule is COc1ccc2[nH]c(C(=O)Nc3ncc([N+](=O)[O-])s3)cc2c1. The summed E-state index contributed by atoms with van der Waals surface area (Å²) < 4.78 is 5.13. The molecule has 0 fully saturated rings. The Bertz CT molecular complexity index is 870. The average Bonchev–Trinajstić information content (AvgIpc) is 3.12. The highest BCUT2D eigenvalue weighted by molar-refractivity contribution is 7.18. The molecule has 9 heteroatoms. The van der Waals surface area contributed by atoms with Crippen molar-refractivity contribution in [3.05, 3.63) is 46.3 Å². The summed E-state index contributed by atoms with van der Waals surface area (Å²) in [6, 6.07) is 7.07. The van der Waals surface area contributed by atoms with Crippen LogP contribution in [0.4, 0.5) is 10.1 Å². The third-order valence-corrected chi connectivity index (χ3v) is 3.83. The highest BCUT2D eigenvalue weighted by Gasteiger charge is 2.15. The van der Waals surface area contributed by atoms with Crippen molar-refractivity contribution in [1.29, 1.82) is 0 Å². The number of ether oxygens (including phenoxy) is 1. The molecule has 0 radical (unpaired) electrons. The van der Waals surface area contributed by atoms with E-state index in [9.17, 15) is 14.9 Å². The second-order valence-corrected chi connectivity index (χ2v) is 5.36. The zero-order valence-corrected chi connectivity index (χ0v) is 12.1. The molecule has 0 aliphatic rings. The van der Waals surface area contributed by atoms with Gasteiger partial charge in [0.05, 0.1) is 12.0 Å². The minimum atomic E-state index is -0.553. The molecule has 2 N–H and O–H groups in total. The van der Waals surface area contributed by atoms with Crippen LogP contribution in [0.15, 0.2) is 30.5 Å². The van der Waals surface area contributed by atoms with Crippen LogP contribution >= 0.6 is 11.3 Å². The molecule has 2 aromatic heterocycles. The smallest absolute Gasteiger partial charge is 0.345 e. The van der Waals surface area contributed by atoms with E-state index in [0.717, 1.165) is 28.4 Å². The minimum absolute atomic E-state index is 0.128. The lowest BCUT2D eigenvalue weighted by Crippen LogP contribution is -2.11. The molecule has 112 valence electrons. The van der Waals surface area contributed by atoms with E-state index in [1.165, 1.54) is 0 Å². The molecule has 8 nitrogen and oxygen atoms in total. The summed E-state index contributed by atoms with van der Waals surface area (Å²) >= 11 is 0.801. The molecule has 3 rings (SSSR count). The fourth-order valence-electron chi connectivity index (χ4n) is 1.93. The lowest BCUT2D eigenvalue weighted by atomic mass is 10.2. The normalized spacial score (nSPS) is 10.6. The number of nitro groups is 1. The number of fused-ring (bicyclic) bond motifs is 1. The number of aromatic nitrogens is 2. The first-order valence-corrected chi connectivity index (χ1v) is 6.97. The van der Waals surface area contributed by atoms with E-state index >= 15 is 0 Å². The molecule has 0 unspecified atom stereocenters. The highest BCUT2D eigenvalue weighted by atomic mass is 32.1. The van der Waals surface area contributed by atoms with Crippen LogP contribution < -0.4 is 10.1 Å². The van der Waals surface area contributed by atoms with Crippen molar-refractivity contribution >= 4 is 38.3 Å². The number of rotatable bonds is 4. The molecule has 0 saturated carbocycles. The summed E-state index contributed by atoms with van der Waals surface area (Å²) in [5.74, 6) is 0.272. The van der Waals surface area contributed by atoms with Crippen LogP contribution in [-0.4, -0.2) is 27.9 Å². The van der Waals surface area contributed by atoms with Gasteiger partial charge in [-0.2, -0.15) is 0 Å². The number of thiazole rings is 1. The fourth-order valence-corrected chi connectivity index (χ4v) is 2.56. The van der Waals surface area contributed by atoms with E-state index < -0.39 is 10.8 Å². The Labute approximate surface area is 127 Å². The van der Waals surface area contributed by atoms with Gasteiger partial charge in [0.15, 0.2) is 5.13 Å². The summed E-state index contributed by atoms with van der Waals surface area (Å²) in [4.78, 5) is 28.9. The molecule has 3 aromatic rings. The van der Waals surface area contributed by atoms with Crippen LogP contribution in [0.25, 0.3) is 10.9 Å². The maximum atomic E-state index is 12.1. The molecular formula is C13H10N4O4S. The van der Waals surface area contributed by atoms with Crippen LogP contribution in [-0.2, 0) is 0 Å². The van der Waals surface area contributed by atoms with Gasteiger partial charge in [-0.05, 0) is 35.6 Å². The third kappa shape index (κ3) is 2.61. The average molecular weight is 318 g/mol. The number of nitrogens with zero attached hydrogens (tertiary/aromatic N) is 2. The number of benzene rings is 1. The van der Waals surface area contributed by atoms with Crippen molar-refractivity contribution < 1.29 is 14.5 Å². The van der Waals surface area contributed by atoms with Crippen molar-refractivity contribution in [2.24, 2.45) is 0 Å². The quantitative estimate of drug-likeness (QED) is 0.567. The van der Waals surface area contributed by atoms with Gasteiger partial charge in [0.1, 0.15) is 17.6 Å². The number of H-pyrrole nitrogens is 1. The lowest BCUT2D eigenvalue weighted by molar-refractivity contribution is -0.380. The van der Waals surface area contributed by atoms with Gasteiger partial charge in [-0.15, -0.1) is 0 Å². The molecule has 1 amide bonds. The zero-order chi connectivity index (χ0) is 15.7. The number of methoxy groups -OCH3 is 1. The number of nitrogens with one attached hydrogen (secondary N) is 2. The number of anilines is 1. The van der Waals surface area contributed by atoms with Gasteiger partial charge in [0.2, 0.25) is 0 Å². The molecule has 2 heterocycles. The van der Waals surface area contributed by atoms with E-state index in [1.807, 2.05) is 0 Å². The first-order chi connectivity index (χ1) is 10.6. The van der Waals surface area contributed by atoms with Gasteiger partial charge in [0.25, 0.3) is 5.91 Å². The molecule has 0 saturated heterocycles. The number of carbonyl (C=O) groups is 1. The van der Waals surface area contributed by atoms with E-state index in [1.54, 1.807) is 31.4 Å².